The van der Waals surface area contributed by atoms with E-state index in [0.717, 1.165) is 32.4 Å². The zero-order chi connectivity index (χ0) is 17.1. The first-order chi connectivity index (χ1) is 11.6. The molecule has 0 saturated heterocycles. The molecule has 0 saturated carbocycles. The first-order valence-electron chi connectivity index (χ1n) is 7.68. The normalized spacial score (nSPS) is 11.0. The average Bonchev–Trinajstić information content (AvgIpc) is 3.06. The van der Waals surface area contributed by atoms with Crippen molar-refractivity contribution >= 4 is 38.5 Å². The van der Waals surface area contributed by atoms with E-state index in [-0.39, 0.29) is 0 Å². The number of aryl methyl sites for hydroxylation is 2. The van der Waals surface area contributed by atoms with E-state index in [2.05, 4.69) is 67.8 Å². The van der Waals surface area contributed by atoms with E-state index in [9.17, 15) is 0 Å². The zero-order valence-electron chi connectivity index (χ0n) is 13.5. The summed E-state index contributed by atoms with van der Waals surface area (Å²) >= 11 is 5.93. The molecule has 0 fully saturated rings. The van der Waals surface area contributed by atoms with Crippen LogP contribution in [0.1, 0.15) is 23.6 Å². The van der Waals surface area contributed by atoms with Crippen molar-refractivity contribution in [1.29, 1.82) is 0 Å². The summed E-state index contributed by atoms with van der Waals surface area (Å²) in [6.07, 6.45) is 2.77. The van der Waals surface area contributed by atoms with Crippen LogP contribution in [-0.2, 0) is 26.6 Å². The quantitative estimate of drug-likeness (QED) is 0.477. The van der Waals surface area contributed by atoms with E-state index in [4.69, 9.17) is 4.74 Å². The van der Waals surface area contributed by atoms with Crippen molar-refractivity contribution in [3.8, 4) is 5.88 Å². The number of rotatable bonds is 6. The molecular formula is C17H18BrIN4O. The first kappa shape index (κ1) is 17.5. The number of hydrogen-bond acceptors (Lipinski definition) is 3. The smallest absolute Gasteiger partial charge is 0.237 e. The SMILES string of the molecule is CCn1nc(OCc2ccccc2)c(Cc2cn(C)nc2I)c1Br. The van der Waals surface area contributed by atoms with Gasteiger partial charge in [-0.05, 0) is 51.0 Å². The molecule has 0 unspecified atom stereocenters. The second-order valence-corrected chi connectivity index (χ2v) is 7.23. The minimum atomic E-state index is 0.505. The number of nitrogens with zero attached hydrogens (tertiary/aromatic N) is 4. The van der Waals surface area contributed by atoms with Crippen LogP contribution in [0.3, 0.4) is 0 Å². The Kier molecular flexibility index (Phi) is 5.60. The lowest BCUT2D eigenvalue weighted by atomic mass is 10.1. The fourth-order valence-corrected chi connectivity index (χ4v) is 3.79. The van der Waals surface area contributed by atoms with Crippen LogP contribution < -0.4 is 4.74 Å². The Hall–Kier alpha value is -1.35. The van der Waals surface area contributed by atoms with Gasteiger partial charge in [0.25, 0.3) is 0 Å². The molecule has 5 nitrogen and oxygen atoms in total. The molecule has 0 N–H and O–H groups in total. The Morgan fingerprint density at radius 3 is 2.58 bits per heavy atom. The summed E-state index contributed by atoms with van der Waals surface area (Å²) in [5, 5.41) is 9.00. The monoisotopic (exact) mass is 500 g/mol. The fourth-order valence-electron chi connectivity index (χ4n) is 2.48. The largest absolute Gasteiger partial charge is 0.472 e. The van der Waals surface area contributed by atoms with Crippen molar-refractivity contribution in [2.24, 2.45) is 7.05 Å². The highest BCUT2D eigenvalue weighted by Gasteiger charge is 2.19. The van der Waals surface area contributed by atoms with Gasteiger partial charge in [-0.15, -0.1) is 5.10 Å². The topological polar surface area (TPSA) is 44.9 Å². The number of hydrogen-bond donors (Lipinski definition) is 0. The van der Waals surface area contributed by atoms with Crippen LogP contribution in [0.4, 0.5) is 0 Å². The van der Waals surface area contributed by atoms with Crippen molar-refractivity contribution in [3.05, 3.63) is 61.5 Å². The molecule has 0 amide bonds. The van der Waals surface area contributed by atoms with Crippen LogP contribution in [0.5, 0.6) is 5.88 Å². The first-order valence-corrected chi connectivity index (χ1v) is 9.55. The lowest BCUT2D eigenvalue weighted by Gasteiger charge is -2.06. The zero-order valence-corrected chi connectivity index (χ0v) is 17.3. The van der Waals surface area contributed by atoms with Gasteiger partial charge in [-0.3, -0.25) is 9.36 Å². The van der Waals surface area contributed by atoms with Gasteiger partial charge in [0.1, 0.15) is 14.9 Å². The van der Waals surface area contributed by atoms with E-state index in [0.29, 0.717) is 12.5 Å². The number of aromatic nitrogens is 4. The van der Waals surface area contributed by atoms with E-state index < -0.39 is 0 Å². The summed E-state index contributed by atoms with van der Waals surface area (Å²) in [5.41, 5.74) is 3.35. The third kappa shape index (κ3) is 3.83. The maximum atomic E-state index is 6.01. The van der Waals surface area contributed by atoms with Gasteiger partial charge in [-0.1, -0.05) is 30.3 Å². The van der Waals surface area contributed by atoms with Crippen LogP contribution in [0.25, 0.3) is 0 Å². The number of ether oxygens (including phenoxy) is 1. The number of halogens is 2. The van der Waals surface area contributed by atoms with Gasteiger partial charge in [-0.25, -0.2) is 0 Å². The standard InChI is InChI=1S/C17H18BrIN4O/c1-3-23-15(18)14(9-13-10-22(2)20-16(13)19)17(21-23)24-11-12-7-5-4-6-8-12/h4-8,10H,3,9,11H2,1-2H3. The molecule has 3 aromatic rings. The van der Waals surface area contributed by atoms with Crippen molar-refractivity contribution in [3.63, 3.8) is 0 Å². The molecular weight excluding hydrogens is 483 g/mol. The Balaban J connectivity index is 1.86. The van der Waals surface area contributed by atoms with E-state index >= 15 is 0 Å². The van der Waals surface area contributed by atoms with Gasteiger partial charge in [0.05, 0.1) is 5.56 Å². The van der Waals surface area contributed by atoms with E-state index in [1.165, 1.54) is 5.56 Å². The summed E-state index contributed by atoms with van der Waals surface area (Å²) in [4.78, 5) is 0. The average molecular weight is 501 g/mol. The Morgan fingerprint density at radius 1 is 1.21 bits per heavy atom. The van der Waals surface area contributed by atoms with Crippen molar-refractivity contribution < 1.29 is 4.74 Å². The van der Waals surface area contributed by atoms with Gasteiger partial charge in [0, 0.05) is 31.8 Å². The highest BCUT2D eigenvalue weighted by molar-refractivity contribution is 14.1. The summed E-state index contributed by atoms with van der Waals surface area (Å²) in [7, 11) is 1.93. The third-order valence-corrected chi connectivity index (χ3v) is 5.48. The maximum Gasteiger partial charge on any atom is 0.237 e. The van der Waals surface area contributed by atoms with Crippen molar-refractivity contribution in [2.75, 3.05) is 0 Å². The van der Waals surface area contributed by atoms with Gasteiger partial charge < -0.3 is 4.74 Å². The molecule has 0 spiro atoms. The highest BCUT2D eigenvalue weighted by Crippen LogP contribution is 2.30. The molecule has 2 heterocycles. The van der Waals surface area contributed by atoms with E-state index in [1.807, 2.05) is 40.8 Å². The Morgan fingerprint density at radius 2 is 1.96 bits per heavy atom. The van der Waals surface area contributed by atoms with Gasteiger partial charge in [0.15, 0.2) is 0 Å². The van der Waals surface area contributed by atoms with Crippen LogP contribution >= 0.6 is 38.5 Å². The molecule has 1 aromatic carbocycles. The molecule has 126 valence electrons. The van der Waals surface area contributed by atoms with Crippen LogP contribution in [0, 0.1) is 3.70 Å². The van der Waals surface area contributed by atoms with Crippen LogP contribution in [0.15, 0.2) is 41.1 Å². The van der Waals surface area contributed by atoms with Crippen molar-refractivity contribution in [2.45, 2.75) is 26.5 Å². The highest BCUT2D eigenvalue weighted by atomic mass is 127. The van der Waals surface area contributed by atoms with Gasteiger partial charge in [-0.2, -0.15) is 5.10 Å². The summed E-state index contributed by atoms with van der Waals surface area (Å²) in [6, 6.07) is 10.1. The number of benzene rings is 1. The van der Waals surface area contributed by atoms with Crippen LogP contribution in [0.2, 0.25) is 0 Å². The molecule has 0 aliphatic rings. The molecule has 0 atom stereocenters. The fraction of sp³-hybridized carbons (Fsp3) is 0.294. The van der Waals surface area contributed by atoms with Gasteiger partial charge in [0.2, 0.25) is 5.88 Å². The molecule has 0 aliphatic carbocycles. The van der Waals surface area contributed by atoms with Crippen molar-refractivity contribution in [1.82, 2.24) is 19.6 Å². The van der Waals surface area contributed by atoms with Crippen LogP contribution in [-0.4, -0.2) is 19.6 Å². The lowest BCUT2D eigenvalue weighted by molar-refractivity contribution is 0.287. The third-order valence-electron chi connectivity index (χ3n) is 3.68. The Bertz CT molecular complexity index is 829. The predicted octanol–water partition coefficient (Wildman–Crippen LogP) is 4.17. The molecule has 7 heteroatoms. The summed E-state index contributed by atoms with van der Waals surface area (Å²) in [6.45, 7) is 3.36. The molecule has 0 bridgehead atoms. The lowest BCUT2D eigenvalue weighted by Crippen LogP contribution is -1.99. The molecule has 2 aromatic heterocycles. The van der Waals surface area contributed by atoms with Gasteiger partial charge >= 0.3 is 0 Å². The summed E-state index contributed by atoms with van der Waals surface area (Å²) in [5.74, 6) is 0.673. The molecule has 0 aliphatic heterocycles. The second kappa shape index (κ2) is 7.69. The summed E-state index contributed by atoms with van der Waals surface area (Å²) < 4.78 is 11.7. The minimum absolute atomic E-state index is 0.505. The minimum Gasteiger partial charge on any atom is -0.472 e. The molecule has 0 radical (unpaired) electrons. The maximum absolute atomic E-state index is 6.01. The predicted molar refractivity (Wildman–Crippen MR) is 105 cm³/mol. The molecule has 24 heavy (non-hydrogen) atoms. The van der Waals surface area contributed by atoms with E-state index in [1.54, 1.807) is 0 Å². The Labute approximate surface area is 163 Å². The molecule has 3 rings (SSSR count). The second-order valence-electron chi connectivity index (χ2n) is 5.46.